The van der Waals surface area contributed by atoms with Gasteiger partial charge in [-0.15, -0.1) is 0 Å². The van der Waals surface area contributed by atoms with Crippen molar-refractivity contribution >= 4 is 11.6 Å². The van der Waals surface area contributed by atoms with Crippen LogP contribution in [-0.4, -0.2) is 20.8 Å². The molecule has 2 aromatic carbocycles. The number of nitrogens with one attached hydrogen (secondary N) is 1. The van der Waals surface area contributed by atoms with Crippen LogP contribution in [0.15, 0.2) is 54.9 Å². The molecule has 7 heteroatoms. The van der Waals surface area contributed by atoms with Crippen LogP contribution in [0.5, 0.6) is 5.75 Å². The van der Waals surface area contributed by atoms with Crippen molar-refractivity contribution in [2.75, 3.05) is 5.32 Å². The average molecular weight is 315 g/mol. The topological polar surface area (TPSA) is 67.2 Å². The van der Waals surface area contributed by atoms with Crippen LogP contribution in [0.3, 0.4) is 0 Å². The molecule has 0 spiro atoms. The van der Waals surface area contributed by atoms with Crippen molar-refractivity contribution in [1.29, 1.82) is 0 Å². The van der Waals surface area contributed by atoms with Crippen molar-refractivity contribution < 1.29 is 18.7 Å². The molecule has 0 atom stereocenters. The number of para-hydroxylation sites is 1. The Morgan fingerprint density at radius 3 is 2.61 bits per heavy atom. The molecule has 0 aliphatic rings. The van der Waals surface area contributed by atoms with Crippen LogP contribution in [0, 0.1) is 11.6 Å². The van der Waals surface area contributed by atoms with E-state index in [1.165, 1.54) is 35.1 Å². The summed E-state index contributed by atoms with van der Waals surface area (Å²) in [6, 6.07) is 9.06. The Morgan fingerprint density at radius 2 is 1.96 bits per heavy atom. The van der Waals surface area contributed by atoms with E-state index in [0.717, 1.165) is 12.1 Å². The lowest BCUT2D eigenvalue weighted by atomic mass is 10.1. The van der Waals surface area contributed by atoms with Crippen molar-refractivity contribution in [3.63, 3.8) is 0 Å². The third kappa shape index (κ3) is 2.89. The van der Waals surface area contributed by atoms with Gasteiger partial charge in [0.1, 0.15) is 22.9 Å². The number of rotatable bonds is 3. The van der Waals surface area contributed by atoms with E-state index in [2.05, 4.69) is 10.4 Å². The third-order valence-corrected chi connectivity index (χ3v) is 3.19. The Morgan fingerprint density at radius 1 is 1.13 bits per heavy atom. The molecule has 3 aromatic rings. The first-order valence-electron chi connectivity index (χ1n) is 6.64. The maximum absolute atomic E-state index is 14.1. The van der Waals surface area contributed by atoms with Gasteiger partial charge in [-0.1, -0.05) is 6.07 Å². The second-order valence-corrected chi connectivity index (χ2v) is 4.70. The van der Waals surface area contributed by atoms with E-state index >= 15 is 0 Å². The SMILES string of the molecule is O=C(Nc1c(O)cccc1F)c1ccc(-n2cccn2)c(F)c1. The van der Waals surface area contributed by atoms with E-state index in [4.69, 9.17) is 0 Å². The Balaban J connectivity index is 1.87. The van der Waals surface area contributed by atoms with Gasteiger partial charge in [-0.25, -0.2) is 13.5 Å². The number of anilines is 1. The molecular weight excluding hydrogens is 304 g/mol. The van der Waals surface area contributed by atoms with Crippen LogP contribution in [-0.2, 0) is 0 Å². The second kappa shape index (κ2) is 5.88. The molecule has 116 valence electrons. The highest BCUT2D eigenvalue weighted by atomic mass is 19.1. The zero-order valence-corrected chi connectivity index (χ0v) is 11.7. The summed E-state index contributed by atoms with van der Waals surface area (Å²) in [5, 5.41) is 15.7. The lowest BCUT2D eigenvalue weighted by Crippen LogP contribution is -2.14. The van der Waals surface area contributed by atoms with Crippen LogP contribution in [0.4, 0.5) is 14.5 Å². The Hall–Kier alpha value is -3.22. The van der Waals surface area contributed by atoms with Gasteiger partial charge in [-0.05, 0) is 36.4 Å². The number of aromatic nitrogens is 2. The molecule has 5 nitrogen and oxygen atoms in total. The number of carbonyl (C=O) groups excluding carboxylic acids is 1. The standard InChI is InChI=1S/C16H11F2N3O2/c17-11-3-1-4-14(22)15(11)20-16(23)10-5-6-13(12(18)9-10)21-8-2-7-19-21/h1-9,22H,(H,20,23). The largest absolute Gasteiger partial charge is 0.506 e. The minimum absolute atomic E-state index is 0.0129. The lowest BCUT2D eigenvalue weighted by Gasteiger charge is -2.09. The highest BCUT2D eigenvalue weighted by Crippen LogP contribution is 2.26. The van der Waals surface area contributed by atoms with E-state index in [0.29, 0.717) is 0 Å². The molecule has 0 fully saturated rings. The van der Waals surface area contributed by atoms with Gasteiger partial charge in [-0.3, -0.25) is 4.79 Å². The van der Waals surface area contributed by atoms with Crippen LogP contribution >= 0.6 is 0 Å². The number of hydrogen-bond acceptors (Lipinski definition) is 3. The number of phenolic OH excluding ortho intramolecular Hbond substituents is 1. The molecule has 0 aliphatic heterocycles. The summed E-state index contributed by atoms with van der Waals surface area (Å²) in [4.78, 5) is 12.1. The van der Waals surface area contributed by atoms with Crippen molar-refractivity contribution in [3.8, 4) is 11.4 Å². The Kier molecular flexibility index (Phi) is 3.76. The van der Waals surface area contributed by atoms with Gasteiger partial charge in [0.25, 0.3) is 5.91 Å². The summed E-state index contributed by atoms with van der Waals surface area (Å²) in [5.74, 6) is -2.59. The van der Waals surface area contributed by atoms with E-state index in [-0.39, 0.29) is 16.9 Å². The molecule has 0 aliphatic carbocycles. The smallest absolute Gasteiger partial charge is 0.255 e. The molecule has 1 amide bonds. The zero-order chi connectivity index (χ0) is 16.4. The van der Waals surface area contributed by atoms with Crippen LogP contribution in [0.25, 0.3) is 5.69 Å². The predicted molar refractivity (Wildman–Crippen MR) is 79.5 cm³/mol. The number of hydrogen-bond donors (Lipinski definition) is 2. The fraction of sp³-hybridized carbons (Fsp3) is 0. The number of carbonyl (C=O) groups is 1. The van der Waals surface area contributed by atoms with Crippen LogP contribution < -0.4 is 5.32 Å². The molecule has 0 bridgehead atoms. The molecule has 0 radical (unpaired) electrons. The van der Waals surface area contributed by atoms with E-state index < -0.39 is 23.3 Å². The normalized spacial score (nSPS) is 10.5. The minimum atomic E-state index is -0.785. The minimum Gasteiger partial charge on any atom is -0.506 e. The second-order valence-electron chi connectivity index (χ2n) is 4.70. The number of halogens is 2. The van der Waals surface area contributed by atoms with Gasteiger partial charge in [0, 0.05) is 18.0 Å². The van der Waals surface area contributed by atoms with Crippen LogP contribution in [0.2, 0.25) is 0 Å². The highest BCUT2D eigenvalue weighted by molar-refractivity contribution is 6.05. The predicted octanol–water partition coefficient (Wildman–Crippen LogP) is 3.11. The molecule has 23 heavy (non-hydrogen) atoms. The van der Waals surface area contributed by atoms with Gasteiger partial charge in [-0.2, -0.15) is 5.10 Å². The first-order chi connectivity index (χ1) is 11.1. The molecule has 0 saturated heterocycles. The van der Waals surface area contributed by atoms with Crippen LogP contribution in [0.1, 0.15) is 10.4 Å². The van der Waals surface area contributed by atoms with Gasteiger partial charge in [0.05, 0.1) is 0 Å². The van der Waals surface area contributed by atoms with Crippen molar-refractivity contribution in [3.05, 3.63) is 72.1 Å². The molecule has 1 aromatic heterocycles. The number of phenols is 1. The Labute approximate surface area is 129 Å². The fourth-order valence-corrected chi connectivity index (χ4v) is 2.07. The molecule has 3 rings (SSSR count). The summed E-state index contributed by atoms with van der Waals surface area (Å²) in [6.07, 6.45) is 3.07. The number of aromatic hydroxyl groups is 1. The van der Waals surface area contributed by atoms with E-state index in [1.807, 2.05) is 0 Å². The van der Waals surface area contributed by atoms with Gasteiger partial charge < -0.3 is 10.4 Å². The van der Waals surface area contributed by atoms with Crippen molar-refractivity contribution in [2.24, 2.45) is 0 Å². The maximum Gasteiger partial charge on any atom is 0.255 e. The highest BCUT2D eigenvalue weighted by Gasteiger charge is 2.15. The van der Waals surface area contributed by atoms with E-state index in [1.54, 1.807) is 12.3 Å². The van der Waals surface area contributed by atoms with Crippen molar-refractivity contribution in [2.45, 2.75) is 0 Å². The monoisotopic (exact) mass is 315 g/mol. The molecule has 1 heterocycles. The molecule has 2 N–H and O–H groups in total. The molecule has 0 saturated carbocycles. The third-order valence-electron chi connectivity index (χ3n) is 3.19. The molecule has 0 unspecified atom stereocenters. The summed E-state index contributed by atoms with van der Waals surface area (Å²) in [6.45, 7) is 0. The quantitative estimate of drug-likeness (QED) is 0.730. The van der Waals surface area contributed by atoms with Gasteiger partial charge in [0.2, 0.25) is 0 Å². The fourth-order valence-electron chi connectivity index (χ4n) is 2.07. The first kappa shape index (κ1) is 14.7. The van der Waals surface area contributed by atoms with Gasteiger partial charge >= 0.3 is 0 Å². The molecular formula is C16H11F2N3O2. The number of nitrogens with zero attached hydrogens (tertiary/aromatic N) is 2. The Bertz CT molecular complexity index is 844. The zero-order valence-electron chi connectivity index (χ0n) is 11.7. The van der Waals surface area contributed by atoms with Gasteiger partial charge in [0.15, 0.2) is 5.82 Å². The van der Waals surface area contributed by atoms with E-state index in [9.17, 15) is 18.7 Å². The summed E-state index contributed by atoms with van der Waals surface area (Å²) in [5.41, 5.74) is -0.185. The number of amides is 1. The summed E-state index contributed by atoms with van der Waals surface area (Å²) in [7, 11) is 0. The summed E-state index contributed by atoms with van der Waals surface area (Å²) < 4.78 is 29.0. The lowest BCUT2D eigenvalue weighted by molar-refractivity contribution is 0.102. The maximum atomic E-state index is 14.1. The first-order valence-corrected chi connectivity index (χ1v) is 6.64. The number of benzene rings is 2. The summed E-state index contributed by atoms with van der Waals surface area (Å²) >= 11 is 0. The van der Waals surface area contributed by atoms with Crippen molar-refractivity contribution in [1.82, 2.24) is 9.78 Å². The average Bonchev–Trinajstić information content (AvgIpc) is 3.05.